The maximum Gasteiger partial charge on any atom is 0.307 e. The molecular formula is C22H18FNO3. The van der Waals surface area contributed by atoms with E-state index in [0.717, 1.165) is 11.1 Å². The summed E-state index contributed by atoms with van der Waals surface area (Å²) in [5.74, 6) is -2.05. The molecule has 0 aromatic heterocycles. The first kappa shape index (κ1) is 18.3. The van der Waals surface area contributed by atoms with Crippen LogP contribution >= 0.6 is 0 Å². The Bertz CT molecular complexity index is 959. The molecule has 1 amide bonds. The van der Waals surface area contributed by atoms with Gasteiger partial charge in [-0.25, -0.2) is 4.39 Å². The average molecular weight is 363 g/mol. The van der Waals surface area contributed by atoms with Crippen LogP contribution < -0.4 is 5.32 Å². The number of nitrogens with one attached hydrogen (secondary N) is 1. The van der Waals surface area contributed by atoms with Crippen molar-refractivity contribution in [2.24, 2.45) is 0 Å². The highest BCUT2D eigenvalue weighted by atomic mass is 19.1. The standard InChI is InChI=1S/C22H18FNO3/c23-20-11-5-9-17(16-7-2-1-3-8-16)14-19(20)22(27)24-18-10-4-6-15(12-18)13-21(25)26/h1-10,12,14H,11,13H2,(H,24,27)(H,25,26). The maximum atomic E-state index is 14.4. The zero-order chi connectivity index (χ0) is 19.2. The molecule has 2 aromatic carbocycles. The average Bonchev–Trinajstić information content (AvgIpc) is 2.84. The Balaban J connectivity index is 1.85. The van der Waals surface area contributed by atoms with Crippen LogP contribution in [0.25, 0.3) is 5.57 Å². The number of carboxylic acid groups (broad SMARTS) is 1. The Hall–Kier alpha value is -3.47. The van der Waals surface area contributed by atoms with E-state index in [-0.39, 0.29) is 18.4 Å². The zero-order valence-electron chi connectivity index (χ0n) is 14.5. The van der Waals surface area contributed by atoms with Gasteiger partial charge in [0.1, 0.15) is 5.83 Å². The van der Waals surface area contributed by atoms with Crippen LogP contribution in [0, 0.1) is 0 Å². The number of benzene rings is 2. The minimum Gasteiger partial charge on any atom is -0.481 e. The lowest BCUT2D eigenvalue weighted by molar-refractivity contribution is -0.136. The fourth-order valence-electron chi connectivity index (χ4n) is 2.81. The molecule has 0 radical (unpaired) electrons. The third-order valence-electron chi connectivity index (χ3n) is 4.08. The fourth-order valence-corrected chi connectivity index (χ4v) is 2.81. The lowest BCUT2D eigenvalue weighted by Gasteiger charge is -2.09. The van der Waals surface area contributed by atoms with Gasteiger partial charge in [-0.05, 0) is 34.9 Å². The van der Waals surface area contributed by atoms with Crippen molar-refractivity contribution in [2.75, 3.05) is 5.32 Å². The van der Waals surface area contributed by atoms with E-state index in [1.54, 1.807) is 36.4 Å². The van der Waals surface area contributed by atoms with Crippen LogP contribution in [-0.2, 0) is 16.0 Å². The molecule has 5 heteroatoms. The molecule has 2 N–H and O–H groups in total. The molecule has 0 saturated heterocycles. The molecule has 4 nitrogen and oxygen atoms in total. The number of halogens is 1. The van der Waals surface area contributed by atoms with Gasteiger partial charge in [0.2, 0.25) is 0 Å². The summed E-state index contributed by atoms with van der Waals surface area (Å²) in [7, 11) is 0. The number of amides is 1. The topological polar surface area (TPSA) is 66.4 Å². The molecule has 0 heterocycles. The number of carbonyl (C=O) groups is 2. The van der Waals surface area contributed by atoms with Gasteiger partial charge in [0.15, 0.2) is 0 Å². The van der Waals surface area contributed by atoms with Crippen LogP contribution in [0.15, 0.2) is 84.2 Å². The minimum atomic E-state index is -0.961. The van der Waals surface area contributed by atoms with Gasteiger partial charge in [0.05, 0.1) is 12.0 Å². The van der Waals surface area contributed by atoms with Crippen molar-refractivity contribution in [3.63, 3.8) is 0 Å². The Kier molecular flexibility index (Phi) is 5.61. The van der Waals surface area contributed by atoms with Crippen molar-refractivity contribution in [1.82, 2.24) is 0 Å². The summed E-state index contributed by atoms with van der Waals surface area (Å²) in [5, 5.41) is 11.5. The van der Waals surface area contributed by atoms with E-state index in [1.165, 1.54) is 6.08 Å². The van der Waals surface area contributed by atoms with Crippen molar-refractivity contribution >= 4 is 23.1 Å². The molecule has 136 valence electrons. The van der Waals surface area contributed by atoms with Gasteiger partial charge in [-0.15, -0.1) is 0 Å². The third-order valence-corrected chi connectivity index (χ3v) is 4.08. The van der Waals surface area contributed by atoms with E-state index < -0.39 is 17.7 Å². The first-order valence-corrected chi connectivity index (χ1v) is 8.47. The van der Waals surface area contributed by atoms with Crippen LogP contribution in [0.1, 0.15) is 17.5 Å². The van der Waals surface area contributed by atoms with Crippen molar-refractivity contribution in [1.29, 1.82) is 0 Å². The molecule has 2 aromatic rings. The fraction of sp³-hybridized carbons (Fsp3) is 0.0909. The van der Waals surface area contributed by atoms with Gasteiger partial charge < -0.3 is 10.4 Å². The lowest BCUT2D eigenvalue weighted by Crippen LogP contribution is -2.15. The maximum absolute atomic E-state index is 14.4. The largest absolute Gasteiger partial charge is 0.481 e. The van der Waals surface area contributed by atoms with E-state index in [9.17, 15) is 14.0 Å². The Morgan fingerprint density at radius 1 is 1.07 bits per heavy atom. The predicted octanol–water partition coefficient (Wildman–Crippen LogP) is 4.52. The first-order valence-electron chi connectivity index (χ1n) is 8.47. The third kappa shape index (κ3) is 4.79. The van der Waals surface area contributed by atoms with Gasteiger partial charge in [0.25, 0.3) is 5.91 Å². The van der Waals surface area contributed by atoms with Crippen LogP contribution in [0.3, 0.4) is 0 Å². The number of hydrogen-bond donors (Lipinski definition) is 2. The number of aliphatic carboxylic acids is 1. The minimum absolute atomic E-state index is 0.0364. The summed E-state index contributed by atoms with van der Waals surface area (Å²) in [6.07, 6.45) is 4.90. The van der Waals surface area contributed by atoms with E-state index in [1.807, 2.05) is 30.3 Å². The summed E-state index contributed by atoms with van der Waals surface area (Å²) in [4.78, 5) is 23.5. The summed E-state index contributed by atoms with van der Waals surface area (Å²) < 4.78 is 14.4. The van der Waals surface area contributed by atoms with Crippen molar-refractivity contribution in [3.8, 4) is 0 Å². The number of anilines is 1. The molecule has 27 heavy (non-hydrogen) atoms. The predicted molar refractivity (Wildman–Crippen MR) is 103 cm³/mol. The number of hydrogen-bond acceptors (Lipinski definition) is 2. The highest BCUT2D eigenvalue weighted by Crippen LogP contribution is 2.26. The molecule has 0 bridgehead atoms. The first-order chi connectivity index (χ1) is 13.0. The summed E-state index contributed by atoms with van der Waals surface area (Å²) in [6.45, 7) is 0. The number of carbonyl (C=O) groups excluding carboxylic acids is 1. The molecule has 0 saturated carbocycles. The molecule has 1 aliphatic rings. The summed E-state index contributed by atoms with van der Waals surface area (Å²) in [5.41, 5.74) is 2.57. The van der Waals surface area contributed by atoms with Crippen LogP contribution in [0.2, 0.25) is 0 Å². The number of carboxylic acids is 1. The van der Waals surface area contributed by atoms with Crippen molar-refractivity contribution in [3.05, 3.63) is 95.4 Å². The van der Waals surface area contributed by atoms with Gasteiger partial charge in [-0.1, -0.05) is 54.6 Å². The van der Waals surface area contributed by atoms with Gasteiger partial charge >= 0.3 is 5.97 Å². The van der Waals surface area contributed by atoms with E-state index in [2.05, 4.69) is 5.32 Å². The molecule has 0 spiro atoms. The summed E-state index contributed by atoms with van der Waals surface area (Å²) in [6, 6.07) is 15.9. The zero-order valence-corrected chi connectivity index (χ0v) is 14.5. The van der Waals surface area contributed by atoms with Gasteiger partial charge in [-0.3, -0.25) is 9.59 Å². The second kappa shape index (κ2) is 8.27. The van der Waals surface area contributed by atoms with Gasteiger partial charge in [0, 0.05) is 12.1 Å². The molecular weight excluding hydrogens is 345 g/mol. The SMILES string of the molecule is O=C(O)Cc1cccc(NC(=O)C2=C(F)CC=CC(c3ccccc3)=C2)c1. The van der Waals surface area contributed by atoms with Crippen molar-refractivity contribution in [2.45, 2.75) is 12.8 Å². The van der Waals surface area contributed by atoms with E-state index in [0.29, 0.717) is 11.3 Å². The molecule has 1 aliphatic carbocycles. The van der Waals surface area contributed by atoms with E-state index in [4.69, 9.17) is 5.11 Å². The Labute approximate surface area is 156 Å². The van der Waals surface area contributed by atoms with E-state index >= 15 is 0 Å². The number of allylic oxidation sites excluding steroid dienone is 4. The Morgan fingerprint density at radius 3 is 2.59 bits per heavy atom. The lowest BCUT2D eigenvalue weighted by atomic mass is 10.0. The molecule has 0 fully saturated rings. The smallest absolute Gasteiger partial charge is 0.307 e. The molecule has 3 rings (SSSR count). The van der Waals surface area contributed by atoms with Crippen LogP contribution in [0.4, 0.5) is 10.1 Å². The number of rotatable bonds is 5. The molecule has 0 atom stereocenters. The van der Waals surface area contributed by atoms with Gasteiger partial charge in [-0.2, -0.15) is 0 Å². The monoisotopic (exact) mass is 363 g/mol. The summed E-state index contributed by atoms with van der Waals surface area (Å²) >= 11 is 0. The van der Waals surface area contributed by atoms with Crippen LogP contribution in [0.5, 0.6) is 0 Å². The molecule has 0 unspecified atom stereocenters. The normalized spacial score (nSPS) is 13.7. The van der Waals surface area contributed by atoms with Crippen LogP contribution in [-0.4, -0.2) is 17.0 Å². The van der Waals surface area contributed by atoms with Crippen molar-refractivity contribution < 1.29 is 19.1 Å². The quantitative estimate of drug-likeness (QED) is 0.821. The highest BCUT2D eigenvalue weighted by molar-refractivity contribution is 6.08. The Morgan fingerprint density at radius 2 is 1.85 bits per heavy atom. The second-order valence-corrected chi connectivity index (χ2v) is 6.12. The molecule has 0 aliphatic heterocycles. The highest BCUT2D eigenvalue weighted by Gasteiger charge is 2.17. The second-order valence-electron chi connectivity index (χ2n) is 6.12.